The maximum atomic E-state index is 3.52. The Labute approximate surface area is 103 Å². The van der Waals surface area contributed by atoms with Crippen LogP contribution in [0.3, 0.4) is 0 Å². The molecular formula is C14H32N2. The van der Waals surface area contributed by atoms with Crippen molar-refractivity contribution in [1.82, 2.24) is 10.6 Å². The van der Waals surface area contributed by atoms with Gasteiger partial charge in [-0.3, -0.25) is 0 Å². The smallest absolute Gasteiger partial charge is 0.00103 e. The first kappa shape index (κ1) is 15.9. The monoisotopic (exact) mass is 228 g/mol. The molecule has 0 unspecified atom stereocenters. The number of unbranched alkanes of at least 4 members (excludes halogenated alkanes) is 5. The van der Waals surface area contributed by atoms with Crippen molar-refractivity contribution < 1.29 is 0 Å². The molecule has 0 aliphatic heterocycles. The van der Waals surface area contributed by atoms with Gasteiger partial charge in [0.15, 0.2) is 0 Å². The van der Waals surface area contributed by atoms with E-state index < -0.39 is 0 Å². The van der Waals surface area contributed by atoms with Gasteiger partial charge in [-0.25, -0.2) is 0 Å². The highest BCUT2D eigenvalue weighted by Gasteiger charge is 1.93. The lowest BCUT2D eigenvalue weighted by Gasteiger charge is -2.08. The third kappa shape index (κ3) is 13.9. The summed E-state index contributed by atoms with van der Waals surface area (Å²) < 4.78 is 0. The Morgan fingerprint density at radius 1 is 0.750 bits per heavy atom. The molecule has 0 saturated carbocycles. The largest absolute Gasteiger partial charge is 0.317 e. The quantitative estimate of drug-likeness (QED) is 0.501. The summed E-state index contributed by atoms with van der Waals surface area (Å²) >= 11 is 0. The normalized spacial score (nSPS) is 11.2. The molecule has 98 valence electrons. The van der Waals surface area contributed by atoms with Crippen molar-refractivity contribution in [2.24, 2.45) is 0 Å². The van der Waals surface area contributed by atoms with E-state index >= 15 is 0 Å². The second-order valence-corrected chi connectivity index (χ2v) is 4.98. The summed E-state index contributed by atoms with van der Waals surface area (Å²) in [5.74, 6) is 0. The molecular weight excluding hydrogens is 196 g/mol. The van der Waals surface area contributed by atoms with Crippen LogP contribution < -0.4 is 10.6 Å². The van der Waals surface area contributed by atoms with Crippen LogP contribution in [0.4, 0.5) is 0 Å². The average Bonchev–Trinajstić information content (AvgIpc) is 2.25. The summed E-state index contributed by atoms with van der Waals surface area (Å²) in [6.07, 6.45) is 9.46. The Kier molecular flexibility index (Phi) is 12.9. The van der Waals surface area contributed by atoms with E-state index in [2.05, 4.69) is 31.4 Å². The Morgan fingerprint density at radius 3 is 1.88 bits per heavy atom. The highest BCUT2D eigenvalue weighted by molar-refractivity contribution is 4.54. The van der Waals surface area contributed by atoms with Crippen molar-refractivity contribution in [3.05, 3.63) is 0 Å². The van der Waals surface area contributed by atoms with Crippen LogP contribution in [0.2, 0.25) is 0 Å². The fraction of sp³-hybridized carbons (Fsp3) is 1.00. The minimum atomic E-state index is 0.636. The van der Waals surface area contributed by atoms with Crippen molar-refractivity contribution in [3.63, 3.8) is 0 Å². The molecule has 0 heterocycles. The Hall–Kier alpha value is -0.0800. The standard InChI is InChI=1S/C14H32N2/c1-4-5-6-8-11-15-12-9-7-10-13-16-14(2)3/h14-16H,4-13H2,1-3H3. The maximum Gasteiger partial charge on any atom is 0.00103 e. The molecule has 0 spiro atoms. The molecule has 0 aromatic carbocycles. The van der Waals surface area contributed by atoms with Gasteiger partial charge in [0.2, 0.25) is 0 Å². The molecule has 0 aromatic rings. The van der Waals surface area contributed by atoms with E-state index in [9.17, 15) is 0 Å². The van der Waals surface area contributed by atoms with Crippen molar-refractivity contribution in [3.8, 4) is 0 Å². The maximum absolute atomic E-state index is 3.52. The number of rotatable bonds is 12. The lowest BCUT2D eigenvalue weighted by atomic mass is 10.2. The molecule has 0 bridgehead atoms. The summed E-state index contributed by atoms with van der Waals surface area (Å²) in [6.45, 7) is 10.3. The van der Waals surface area contributed by atoms with Crippen molar-refractivity contribution in [2.75, 3.05) is 19.6 Å². The van der Waals surface area contributed by atoms with Gasteiger partial charge < -0.3 is 10.6 Å². The van der Waals surface area contributed by atoms with Crippen molar-refractivity contribution >= 4 is 0 Å². The highest BCUT2D eigenvalue weighted by atomic mass is 14.9. The first-order valence-corrected chi connectivity index (χ1v) is 7.21. The lowest BCUT2D eigenvalue weighted by molar-refractivity contribution is 0.530. The van der Waals surface area contributed by atoms with E-state index in [1.165, 1.54) is 64.6 Å². The number of hydrogen-bond donors (Lipinski definition) is 2. The SMILES string of the molecule is CCCCCCNCCCCCNC(C)C. The number of hydrogen-bond acceptors (Lipinski definition) is 2. The van der Waals surface area contributed by atoms with Crippen LogP contribution in [0.15, 0.2) is 0 Å². The highest BCUT2D eigenvalue weighted by Crippen LogP contribution is 1.97. The van der Waals surface area contributed by atoms with E-state index in [1.54, 1.807) is 0 Å². The summed E-state index contributed by atoms with van der Waals surface area (Å²) in [5.41, 5.74) is 0. The second kappa shape index (κ2) is 13.0. The van der Waals surface area contributed by atoms with Crippen LogP contribution in [-0.2, 0) is 0 Å². The Morgan fingerprint density at radius 2 is 1.31 bits per heavy atom. The first-order valence-electron chi connectivity index (χ1n) is 7.21. The van der Waals surface area contributed by atoms with Gasteiger partial charge in [0.05, 0.1) is 0 Å². The van der Waals surface area contributed by atoms with Crippen LogP contribution in [0.1, 0.15) is 65.7 Å². The molecule has 0 aromatic heterocycles. The average molecular weight is 228 g/mol. The minimum Gasteiger partial charge on any atom is -0.317 e. The molecule has 0 radical (unpaired) electrons. The van der Waals surface area contributed by atoms with Crippen molar-refractivity contribution in [2.45, 2.75) is 71.8 Å². The van der Waals surface area contributed by atoms with Gasteiger partial charge in [0.25, 0.3) is 0 Å². The summed E-state index contributed by atoms with van der Waals surface area (Å²) in [5, 5.41) is 6.97. The molecule has 0 amide bonds. The van der Waals surface area contributed by atoms with E-state index in [0.29, 0.717) is 6.04 Å². The molecule has 2 nitrogen and oxygen atoms in total. The van der Waals surface area contributed by atoms with Crippen LogP contribution >= 0.6 is 0 Å². The van der Waals surface area contributed by atoms with Crippen LogP contribution in [0.5, 0.6) is 0 Å². The van der Waals surface area contributed by atoms with Gasteiger partial charge >= 0.3 is 0 Å². The first-order chi connectivity index (χ1) is 7.77. The third-order valence-electron chi connectivity index (χ3n) is 2.79. The molecule has 0 fully saturated rings. The van der Waals surface area contributed by atoms with Gasteiger partial charge in [-0.1, -0.05) is 46.5 Å². The third-order valence-corrected chi connectivity index (χ3v) is 2.79. The molecule has 0 aliphatic carbocycles. The Balaban J connectivity index is 2.88. The molecule has 0 saturated heterocycles. The predicted octanol–water partition coefficient (Wildman–Crippen LogP) is 3.32. The second-order valence-electron chi connectivity index (χ2n) is 4.98. The number of nitrogens with one attached hydrogen (secondary N) is 2. The zero-order chi connectivity index (χ0) is 12.1. The van der Waals surface area contributed by atoms with Crippen LogP contribution in [-0.4, -0.2) is 25.7 Å². The molecule has 2 heteroatoms. The van der Waals surface area contributed by atoms with E-state index in [4.69, 9.17) is 0 Å². The van der Waals surface area contributed by atoms with Gasteiger partial charge in [0.1, 0.15) is 0 Å². The van der Waals surface area contributed by atoms with Crippen molar-refractivity contribution in [1.29, 1.82) is 0 Å². The van der Waals surface area contributed by atoms with Gasteiger partial charge in [-0.15, -0.1) is 0 Å². The van der Waals surface area contributed by atoms with Gasteiger partial charge in [-0.2, -0.15) is 0 Å². The van der Waals surface area contributed by atoms with E-state index in [1.807, 2.05) is 0 Å². The summed E-state index contributed by atoms with van der Waals surface area (Å²) in [4.78, 5) is 0. The fourth-order valence-corrected chi connectivity index (χ4v) is 1.74. The molecule has 2 N–H and O–H groups in total. The predicted molar refractivity (Wildman–Crippen MR) is 74.0 cm³/mol. The van der Waals surface area contributed by atoms with E-state index in [-0.39, 0.29) is 0 Å². The van der Waals surface area contributed by atoms with Gasteiger partial charge in [-0.05, 0) is 38.9 Å². The van der Waals surface area contributed by atoms with E-state index in [0.717, 1.165) is 0 Å². The summed E-state index contributed by atoms with van der Waals surface area (Å²) in [6, 6.07) is 0.636. The van der Waals surface area contributed by atoms with Gasteiger partial charge in [0, 0.05) is 6.04 Å². The minimum absolute atomic E-state index is 0.636. The zero-order valence-electron chi connectivity index (χ0n) is 11.6. The molecule has 16 heavy (non-hydrogen) atoms. The Bertz CT molecular complexity index is 124. The molecule has 0 atom stereocenters. The molecule has 0 aliphatic rings. The topological polar surface area (TPSA) is 24.1 Å². The summed E-state index contributed by atoms with van der Waals surface area (Å²) in [7, 11) is 0. The molecule has 0 rings (SSSR count). The zero-order valence-corrected chi connectivity index (χ0v) is 11.6. The van der Waals surface area contributed by atoms with Crippen LogP contribution in [0.25, 0.3) is 0 Å². The fourth-order valence-electron chi connectivity index (χ4n) is 1.74. The van der Waals surface area contributed by atoms with Crippen LogP contribution in [0, 0.1) is 0 Å². The lowest BCUT2D eigenvalue weighted by Crippen LogP contribution is -2.23.